The molecule has 0 aliphatic rings. The van der Waals surface area contributed by atoms with Crippen LogP contribution >= 0.6 is 11.6 Å². The third-order valence-corrected chi connectivity index (χ3v) is 4.67. The molecule has 118 valence electrons. The molecule has 0 fully saturated rings. The van der Waals surface area contributed by atoms with Crippen LogP contribution < -0.4 is 0 Å². The van der Waals surface area contributed by atoms with Crippen LogP contribution in [0.15, 0.2) is 42.5 Å². The van der Waals surface area contributed by atoms with E-state index in [1.165, 1.54) is 22.3 Å². The molecule has 0 heterocycles. The van der Waals surface area contributed by atoms with Gasteiger partial charge in [0.05, 0.1) is 0 Å². The van der Waals surface area contributed by atoms with Crippen LogP contribution in [0.5, 0.6) is 0 Å². The summed E-state index contributed by atoms with van der Waals surface area (Å²) in [6.45, 7) is 13.4. The molecule has 2 aromatic carbocycles. The van der Waals surface area contributed by atoms with Crippen LogP contribution in [0.4, 0.5) is 0 Å². The second-order valence-electron chi connectivity index (χ2n) is 7.94. The predicted octanol–water partition coefficient (Wildman–Crippen LogP) is 6.47. The Hall–Kier alpha value is -1.27. The average Bonchev–Trinajstić information content (AvgIpc) is 2.36. The van der Waals surface area contributed by atoms with Crippen LogP contribution in [0.2, 0.25) is 5.02 Å². The smallest absolute Gasteiger partial charge is 0.0446 e. The van der Waals surface area contributed by atoms with Crippen molar-refractivity contribution in [3.63, 3.8) is 0 Å². The first-order valence-corrected chi connectivity index (χ1v) is 8.34. The number of benzene rings is 2. The Morgan fingerprint density at radius 2 is 1.50 bits per heavy atom. The van der Waals surface area contributed by atoms with E-state index in [4.69, 9.17) is 11.6 Å². The standard InChI is InChI=1S/C21H27Cl/c1-15-9-7-8-10-17(15)21(5,6)14-16-11-12-18(19(22)13-16)20(2,3)4/h7-13H,14H2,1-6H3. The van der Waals surface area contributed by atoms with E-state index in [1.807, 2.05) is 0 Å². The summed E-state index contributed by atoms with van der Waals surface area (Å²) in [6, 6.07) is 15.2. The first-order valence-electron chi connectivity index (χ1n) is 7.96. The van der Waals surface area contributed by atoms with Crippen molar-refractivity contribution in [3.05, 3.63) is 69.7 Å². The van der Waals surface area contributed by atoms with E-state index in [9.17, 15) is 0 Å². The minimum atomic E-state index is 0.0845. The van der Waals surface area contributed by atoms with Crippen LogP contribution in [-0.2, 0) is 17.3 Å². The van der Waals surface area contributed by atoms with Gasteiger partial charge in [-0.05, 0) is 52.5 Å². The Labute approximate surface area is 140 Å². The summed E-state index contributed by atoms with van der Waals surface area (Å²) in [5, 5.41) is 0.880. The molecule has 0 saturated carbocycles. The molecule has 0 atom stereocenters. The second kappa shape index (κ2) is 6.08. The van der Waals surface area contributed by atoms with E-state index < -0.39 is 0 Å². The molecule has 0 spiro atoms. The molecule has 2 aromatic rings. The van der Waals surface area contributed by atoms with Gasteiger partial charge in [-0.25, -0.2) is 0 Å². The Balaban J connectivity index is 2.31. The van der Waals surface area contributed by atoms with E-state index in [-0.39, 0.29) is 10.8 Å². The fraction of sp³-hybridized carbons (Fsp3) is 0.429. The number of rotatable bonds is 3. The number of aryl methyl sites for hydroxylation is 1. The highest BCUT2D eigenvalue weighted by molar-refractivity contribution is 6.31. The molecule has 22 heavy (non-hydrogen) atoms. The van der Waals surface area contributed by atoms with E-state index in [0.29, 0.717) is 0 Å². The lowest BCUT2D eigenvalue weighted by atomic mass is 9.77. The zero-order valence-corrected chi connectivity index (χ0v) is 15.4. The maximum absolute atomic E-state index is 6.52. The number of hydrogen-bond donors (Lipinski definition) is 0. The summed E-state index contributed by atoms with van der Waals surface area (Å²) in [5.41, 5.74) is 5.45. The van der Waals surface area contributed by atoms with Gasteiger partial charge in [0.1, 0.15) is 0 Å². The van der Waals surface area contributed by atoms with Gasteiger partial charge < -0.3 is 0 Å². The van der Waals surface area contributed by atoms with Crippen molar-refractivity contribution >= 4 is 11.6 Å². The van der Waals surface area contributed by atoms with Crippen molar-refractivity contribution in [3.8, 4) is 0 Å². The van der Waals surface area contributed by atoms with Gasteiger partial charge in [-0.15, -0.1) is 0 Å². The van der Waals surface area contributed by atoms with E-state index >= 15 is 0 Å². The second-order valence-corrected chi connectivity index (χ2v) is 8.35. The van der Waals surface area contributed by atoms with Crippen LogP contribution in [0.1, 0.15) is 56.9 Å². The summed E-state index contributed by atoms with van der Waals surface area (Å²) in [7, 11) is 0. The summed E-state index contributed by atoms with van der Waals surface area (Å²) in [6.07, 6.45) is 0.988. The molecular weight excluding hydrogens is 288 g/mol. The molecule has 0 radical (unpaired) electrons. The Kier molecular flexibility index (Phi) is 4.73. The van der Waals surface area contributed by atoms with Crippen LogP contribution in [-0.4, -0.2) is 0 Å². The number of hydrogen-bond acceptors (Lipinski definition) is 0. The summed E-state index contributed by atoms with van der Waals surface area (Å²) in [4.78, 5) is 0. The topological polar surface area (TPSA) is 0 Å². The van der Waals surface area contributed by atoms with Crippen molar-refractivity contribution in [1.82, 2.24) is 0 Å². The third-order valence-electron chi connectivity index (χ3n) is 4.36. The van der Waals surface area contributed by atoms with E-state index in [1.54, 1.807) is 0 Å². The lowest BCUT2D eigenvalue weighted by molar-refractivity contribution is 0.518. The number of halogens is 1. The maximum Gasteiger partial charge on any atom is 0.0446 e. The summed E-state index contributed by atoms with van der Waals surface area (Å²) < 4.78 is 0. The van der Waals surface area contributed by atoms with Crippen LogP contribution in [0, 0.1) is 6.92 Å². The van der Waals surface area contributed by atoms with E-state index in [2.05, 4.69) is 84.0 Å². The van der Waals surface area contributed by atoms with Crippen LogP contribution in [0.25, 0.3) is 0 Å². The van der Waals surface area contributed by atoms with Gasteiger partial charge in [-0.1, -0.05) is 82.6 Å². The zero-order chi connectivity index (χ0) is 16.5. The molecular formula is C21H27Cl. The molecule has 0 nitrogen and oxygen atoms in total. The van der Waals surface area contributed by atoms with Crippen molar-refractivity contribution in [2.45, 2.75) is 58.8 Å². The fourth-order valence-corrected chi connectivity index (χ4v) is 3.70. The van der Waals surface area contributed by atoms with Crippen molar-refractivity contribution in [2.24, 2.45) is 0 Å². The molecule has 2 rings (SSSR count). The molecule has 0 bridgehead atoms. The van der Waals surface area contributed by atoms with Crippen molar-refractivity contribution in [1.29, 1.82) is 0 Å². The monoisotopic (exact) mass is 314 g/mol. The lowest BCUT2D eigenvalue weighted by Crippen LogP contribution is -2.22. The molecule has 1 heteroatoms. The lowest BCUT2D eigenvalue weighted by Gasteiger charge is -2.28. The predicted molar refractivity (Wildman–Crippen MR) is 98.1 cm³/mol. The Morgan fingerprint density at radius 1 is 0.864 bits per heavy atom. The molecule has 0 aliphatic carbocycles. The average molecular weight is 315 g/mol. The van der Waals surface area contributed by atoms with Gasteiger partial charge in [0.2, 0.25) is 0 Å². The normalized spacial score (nSPS) is 12.5. The van der Waals surface area contributed by atoms with Crippen LogP contribution in [0.3, 0.4) is 0 Å². The molecule has 0 aromatic heterocycles. The molecule has 0 unspecified atom stereocenters. The Bertz CT molecular complexity index is 660. The van der Waals surface area contributed by atoms with Gasteiger partial charge >= 0.3 is 0 Å². The Morgan fingerprint density at radius 3 is 2.05 bits per heavy atom. The molecule has 0 N–H and O–H groups in total. The van der Waals surface area contributed by atoms with Crippen molar-refractivity contribution in [2.75, 3.05) is 0 Å². The molecule has 0 aliphatic heterocycles. The molecule has 0 saturated heterocycles. The molecule has 0 amide bonds. The van der Waals surface area contributed by atoms with Gasteiger partial charge in [0.25, 0.3) is 0 Å². The quantitative estimate of drug-likeness (QED) is 0.609. The minimum absolute atomic E-state index is 0.0845. The first-order chi connectivity index (χ1) is 10.1. The fourth-order valence-electron chi connectivity index (χ4n) is 3.21. The largest absolute Gasteiger partial charge is 0.0840 e. The highest BCUT2D eigenvalue weighted by atomic mass is 35.5. The van der Waals surface area contributed by atoms with E-state index in [0.717, 1.165) is 11.4 Å². The van der Waals surface area contributed by atoms with Gasteiger partial charge in [0.15, 0.2) is 0 Å². The van der Waals surface area contributed by atoms with Crippen molar-refractivity contribution < 1.29 is 0 Å². The third kappa shape index (κ3) is 3.73. The van der Waals surface area contributed by atoms with Gasteiger partial charge in [-0.2, -0.15) is 0 Å². The SMILES string of the molecule is Cc1ccccc1C(C)(C)Cc1ccc(C(C)(C)C)c(Cl)c1. The summed E-state index contributed by atoms with van der Waals surface area (Å²) in [5.74, 6) is 0. The highest BCUT2D eigenvalue weighted by Crippen LogP contribution is 2.34. The van der Waals surface area contributed by atoms with Gasteiger partial charge in [0, 0.05) is 5.02 Å². The zero-order valence-electron chi connectivity index (χ0n) is 14.6. The first kappa shape index (κ1) is 17.1. The maximum atomic E-state index is 6.52. The van der Waals surface area contributed by atoms with Gasteiger partial charge in [-0.3, -0.25) is 0 Å². The summed E-state index contributed by atoms with van der Waals surface area (Å²) >= 11 is 6.52. The minimum Gasteiger partial charge on any atom is -0.0840 e. The highest BCUT2D eigenvalue weighted by Gasteiger charge is 2.24.